The number of likely N-dealkylation sites (N-methyl/N-ethyl adjacent to an activating group) is 1. The second kappa shape index (κ2) is 7.15. The molecule has 1 heterocycles. The van der Waals surface area contributed by atoms with Gasteiger partial charge in [0.1, 0.15) is 6.04 Å². The molecule has 2 N–H and O–H groups in total. The molecule has 1 aliphatic carbocycles. The van der Waals surface area contributed by atoms with Crippen molar-refractivity contribution in [2.24, 2.45) is 7.05 Å². The van der Waals surface area contributed by atoms with E-state index in [0.717, 1.165) is 18.4 Å². The van der Waals surface area contributed by atoms with E-state index >= 15 is 0 Å². The molecule has 2 atom stereocenters. The molecule has 0 saturated heterocycles. The van der Waals surface area contributed by atoms with E-state index in [1.165, 1.54) is 16.7 Å². The zero-order valence-electron chi connectivity index (χ0n) is 13.7. The predicted octanol–water partition coefficient (Wildman–Crippen LogP) is 2.21. The van der Waals surface area contributed by atoms with E-state index in [4.69, 9.17) is 0 Å². The van der Waals surface area contributed by atoms with Crippen molar-refractivity contribution in [1.29, 1.82) is 0 Å². The Morgan fingerprint density at radius 3 is 2.87 bits per heavy atom. The van der Waals surface area contributed by atoms with E-state index in [-0.39, 0.29) is 30.4 Å². The lowest BCUT2D eigenvalue weighted by Gasteiger charge is -2.19. The van der Waals surface area contributed by atoms with E-state index in [1.54, 1.807) is 17.9 Å². The van der Waals surface area contributed by atoms with Crippen molar-refractivity contribution in [1.82, 2.24) is 20.4 Å². The van der Waals surface area contributed by atoms with Crippen LogP contribution in [0.4, 0.5) is 0 Å². The molecule has 0 radical (unpaired) electrons. The van der Waals surface area contributed by atoms with E-state index in [9.17, 15) is 4.79 Å². The molecular formula is C17H23ClN4O. The third-order valence-corrected chi connectivity index (χ3v) is 4.30. The number of halogens is 1. The van der Waals surface area contributed by atoms with Crippen molar-refractivity contribution in [3.63, 3.8) is 0 Å². The number of nitrogens with zero attached hydrogens (tertiary/aromatic N) is 2. The highest BCUT2D eigenvalue weighted by Gasteiger charge is 2.27. The first-order chi connectivity index (χ1) is 10.6. The van der Waals surface area contributed by atoms with Crippen LogP contribution in [0.25, 0.3) is 0 Å². The molecule has 6 heteroatoms. The Kier molecular flexibility index (Phi) is 5.44. The Hall–Kier alpha value is -1.85. The normalized spacial score (nSPS) is 17.3. The second-order valence-corrected chi connectivity index (χ2v) is 5.97. The van der Waals surface area contributed by atoms with Gasteiger partial charge in [-0.15, -0.1) is 12.4 Å². The second-order valence-electron chi connectivity index (χ2n) is 5.97. The summed E-state index contributed by atoms with van der Waals surface area (Å²) < 4.78 is 1.71. The van der Waals surface area contributed by atoms with Gasteiger partial charge in [0.05, 0.1) is 12.2 Å². The lowest BCUT2D eigenvalue weighted by atomic mass is 10.0. The molecule has 2 aromatic rings. The molecule has 2 unspecified atom stereocenters. The molecule has 3 rings (SSSR count). The van der Waals surface area contributed by atoms with Crippen LogP contribution in [-0.4, -0.2) is 22.7 Å². The van der Waals surface area contributed by atoms with Gasteiger partial charge in [-0.05, 0) is 37.9 Å². The van der Waals surface area contributed by atoms with Crippen LogP contribution in [0.1, 0.15) is 40.8 Å². The van der Waals surface area contributed by atoms with E-state index < -0.39 is 0 Å². The summed E-state index contributed by atoms with van der Waals surface area (Å²) in [4.78, 5) is 12.6. The molecule has 1 aliphatic rings. The summed E-state index contributed by atoms with van der Waals surface area (Å²) in [7, 11) is 3.65. The van der Waals surface area contributed by atoms with Gasteiger partial charge in [-0.2, -0.15) is 5.10 Å². The number of amides is 1. The Balaban J connectivity index is 0.00000192. The minimum Gasteiger partial charge on any atom is -0.348 e. The first-order valence-corrected chi connectivity index (χ1v) is 7.64. The largest absolute Gasteiger partial charge is 0.348 e. The molecule has 1 aromatic heterocycles. The Labute approximate surface area is 142 Å². The van der Waals surface area contributed by atoms with Crippen molar-refractivity contribution >= 4 is 18.3 Å². The number of fused-ring (bicyclic) bond motifs is 1. The smallest absolute Gasteiger partial charge is 0.242 e. The number of carbonyl (C=O) groups excluding carboxylic acids is 1. The molecule has 0 spiro atoms. The third kappa shape index (κ3) is 3.57. The topological polar surface area (TPSA) is 59.0 Å². The standard InChI is InChI=1S/C17H22N4O.ClH/c1-11-4-6-14-12(8-11)5-7-15(14)20-17(22)16(18-2)13-9-19-21(3)10-13;/h4,6,8-10,15-16,18H,5,7H2,1-3H3,(H,20,22);1H. The first kappa shape index (κ1) is 17.5. The Bertz CT molecular complexity index is 698. The summed E-state index contributed by atoms with van der Waals surface area (Å²) in [5, 5.41) is 10.4. The maximum absolute atomic E-state index is 12.6. The van der Waals surface area contributed by atoms with E-state index in [2.05, 4.69) is 40.9 Å². The molecule has 5 nitrogen and oxygen atoms in total. The van der Waals surface area contributed by atoms with Gasteiger partial charge in [0.15, 0.2) is 0 Å². The number of aryl methyl sites for hydroxylation is 3. The van der Waals surface area contributed by atoms with Crippen LogP contribution in [-0.2, 0) is 18.3 Å². The van der Waals surface area contributed by atoms with Crippen molar-refractivity contribution in [3.05, 3.63) is 52.8 Å². The minimum atomic E-state index is -0.372. The van der Waals surface area contributed by atoms with Gasteiger partial charge >= 0.3 is 0 Å². The number of hydrogen-bond donors (Lipinski definition) is 2. The van der Waals surface area contributed by atoms with Gasteiger partial charge in [0.2, 0.25) is 5.91 Å². The van der Waals surface area contributed by atoms with Crippen molar-refractivity contribution < 1.29 is 4.79 Å². The lowest BCUT2D eigenvalue weighted by molar-refractivity contribution is -0.123. The molecule has 0 fully saturated rings. The average molecular weight is 335 g/mol. The maximum Gasteiger partial charge on any atom is 0.242 e. The van der Waals surface area contributed by atoms with Gasteiger partial charge in [-0.3, -0.25) is 9.48 Å². The fourth-order valence-electron chi connectivity index (χ4n) is 3.19. The van der Waals surface area contributed by atoms with Gasteiger partial charge in [0.25, 0.3) is 0 Å². The monoisotopic (exact) mass is 334 g/mol. The van der Waals surface area contributed by atoms with Gasteiger partial charge in [-0.1, -0.05) is 23.8 Å². The third-order valence-electron chi connectivity index (χ3n) is 4.30. The van der Waals surface area contributed by atoms with Crippen molar-refractivity contribution in [3.8, 4) is 0 Å². The molecule has 0 saturated carbocycles. The molecule has 124 valence electrons. The van der Waals surface area contributed by atoms with E-state index in [1.807, 2.05) is 13.2 Å². The van der Waals surface area contributed by atoms with E-state index in [0.29, 0.717) is 0 Å². The zero-order valence-corrected chi connectivity index (χ0v) is 14.5. The van der Waals surface area contributed by atoms with Crippen LogP contribution in [0.5, 0.6) is 0 Å². The highest BCUT2D eigenvalue weighted by Crippen LogP contribution is 2.32. The van der Waals surface area contributed by atoms with Gasteiger partial charge < -0.3 is 10.6 Å². The zero-order chi connectivity index (χ0) is 15.7. The summed E-state index contributed by atoms with van der Waals surface area (Å²) >= 11 is 0. The highest BCUT2D eigenvalue weighted by atomic mass is 35.5. The number of aromatic nitrogens is 2. The molecule has 1 aromatic carbocycles. The fraction of sp³-hybridized carbons (Fsp3) is 0.412. The van der Waals surface area contributed by atoms with Gasteiger partial charge in [0, 0.05) is 18.8 Å². The quantitative estimate of drug-likeness (QED) is 0.901. The Morgan fingerprint density at radius 1 is 1.43 bits per heavy atom. The Morgan fingerprint density at radius 2 is 2.22 bits per heavy atom. The highest BCUT2D eigenvalue weighted by molar-refractivity contribution is 5.85. The molecule has 1 amide bonds. The lowest BCUT2D eigenvalue weighted by Crippen LogP contribution is -2.37. The van der Waals surface area contributed by atoms with Crippen LogP contribution in [0.2, 0.25) is 0 Å². The number of carbonyl (C=O) groups is 1. The summed E-state index contributed by atoms with van der Waals surface area (Å²) in [6.45, 7) is 2.10. The van der Waals surface area contributed by atoms with Gasteiger partial charge in [-0.25, -0.2) is 0 Å². The van der Waals surface area contributed by atoms with Crippen molar-refractivity contribution in [2.75, 3.05) is 7.05 Å². The number of hydrogen-bond acceptors (Lipinski definition) is 3. The van der Waals surface area contributed by atoms with Crippen LogP contribution in [0, 0.1) is 6.92 Å². The minimum absolute atomic E-state index is 0. The summed E-state index contributed by atoms with van der Waals surface area (Å²) in [6.07, 6.45) is 5.59. The molecular weight excluding hydrogens is 312 g/mol. The summed E-state index contributed by atoms with van der Waals surface area (Å²) in [5.41, 5.74) is 4.76. The number of rotatable bonds is 4. The molecule has 0 bridgehead atoms. The van der Waals surface area contributed by atoms with Crippen LogP contribution >= 0.6 is 12.4 Å². The summed E-state index contributed by atoms with van der Waals surface area (Å²) in [5.74, 6) is -0.00562. The number of nitrogens with one attached hydrogen (secondary N) is 2. The predicted molar refractivity (Wildman–Crippen MR) is 92.6 cm³/mol. The fourth-order valence-corrected chi connectivity index (χ4v) is 3.19. The van der Waals surface area contributed by atoms with Crippen LogP contribution in [0.15, 0.2) is 30.6 Å². The van der Waals surface area contributed by atoms with Crippen molar-refractivity contribution in [2.45, 2.75) is 31.8 Å². The average Bonchev–Trinajstić information content (AvgIpc) is 3.07. The molecule has 23 heavy (non-hydrogen) atoms. The van der Waals surface area contributed by atoms with Crippen LogP contribution in [0.3, 0.4) is 0 Å². The van der Waals surface area contributed by atoms with Crippen LogP contribution < -0.4 is 10.6 Å². The summed E-state index contributed by atoms with van der Waals surface area (Å²) in [6, 6.07) is 6.21. The SMILES string of the molecule is CNC(C(=O)NC1CCc2cc(C)ccc21)c1cnn(C)c1.Cl. The number of benzene rings is 1. The maximum atomic E-state index is 12.6. The molecule has 0 aliphatic heterocycles. The first-order valence-electron chi connectivity index (χ1n) is 7.64.